The van der Waals surface area contributed by atoms with E-state index >= 15 is 0 Å². The zero-order valence-corrected chi connectivity index (χ0v) is 6.36. The Bertz CT molecular complexity index is 102. The van der Waals surface area contributed by atoms with Crippen molar-refractivity contribution >= 4 is 0 Å². The molecular weight excluding hydrogens is 114 g/mol. The molecule has 0 amide bonds. The van der Waals surface area contributed by atoms with Gasteiger partial charge >= 0.3 is 0 Å². The van der Waals surface area contributed by atoms with E-state index in [4.69, 9.17) is 0 Å². The van der Waals surface area contributed by atoms with E-state index in [9.17, 15) is 5.11 Å². The second-order valence-electron chi connectivity index (χ2n) is 2.84. The molecule has 0 saturated heterocycles. The molecule has 0 aromatic heterocycles. The van der Waals surface area contributed by atoms with Crippen LogP contribution in [0.25, 0.3) is 0 Å². The predicted octanol–water partition coefficient (Wildman–Crippen LogP) is 0.880. The van der Waals surface area contributed by atoms with Crippen molar-refractivity contribution in [2.45, 2.75) is 25.9 Å². The Morgan fingerprint density at radius 3 is 2.22 bits per heavy atom. The SMILES string of the molecule is C=C(CC(C)(C)O)NC. The van der Waals surface area contributed by atoms with Gasteiger partial charge in [0.1, 0.15) is 0 Å². The highest BCUT2D eigenvalue weighted by atomic mass is 16.3. The quantitative estimate of drug-likeness (QED) is 0.593. The molecule has 0 aromatic carbocycles. The van der Waals surface area contributed by atoms with Crippen LogP contribution in [0.3, 0.4) is 0 Å². The van der Waals surface area contributed by atoms with E-state index in [1.165, 1.54) is 0 Å². The average molecular weight is 129 g/mol. The zero-order chi connectivity index (χ0) is 7.49. The van der Waals surface area contributed by atoms with Crippen LogP contribution >= 0.6 is 0 Å². The van der Waals surface area contributed by atoms with Crippen LogP contribution in [0.2, 0.25) is 0 Å². The van der Waals surface area contributed by atoms with Gasteiger partial charge in [-0.2, -0.15) is 0 Å². The summed E-state index contributed by atoms with van der Waals surface area (Å²) in [4.78, 5) is 0. The average Bonchev–Trinajstić information content (AvgIpc) is 1.62. The van der Waals surface area contributed by atoms with E-state index in [1.54, 1.807) is 20.9 Å². The summed E-state index contributed by atoms with van der Waals surface area (Å²) >= 11 is 0. The van der Waals surface area contributed by atoms with Gasteiger partial charge in [-0.25, -0.2) is 0 Å². The van der Waals surface area contributed by atoms with Crippen LogP contribution in [0.5, 0.6) is 0 Å². The summed E-state index contributed by atoms with van der Waals surface area (Å²) in [7, 11) is 1.80. The molecule has 0 atom stereocenters. The third kappa shape index (κ3) is 5.37. The lowest BCUT2D eigenvalue weighted by molar-refractivity contribution is 0.0796. The largest absolute Gasteiger partial charge is 0.392 e. The van der Waals surface area contributed by atoms with E-state index in [0.717, 1.165) is 5.70 Å². The first-order valence-corrected chi connectivity index (χ1v) is 3.03. The first kappa shape index (κ1) is 8.50. The second kappa shape index (κ2) is 2.87. The molecule has 2 heteroatoms. The molecule has 9 heavy (non-hydrogen) atoms. The summed E-state index contributed by atoms with van der Waals surface area (Å²) in [6.07, 6.45) is 0.601. The maximum absolute atomic E-state index is 9.22. The summed E-state index contributed by atoms with van der Waals surface area (Å²) in [6, 6.07) is 0. The van der Waals surface area contributed by atoms with Crippen LogP contribution in [0.1, 0.15) is 20.3 Å². The molecule has 0 radical (unpaired) electrons. The molecule has 0 unspecified atom stereocenters. The van der Waals surface area contributed by atoms with E-state index in [-0.39, 0.29) is 0 Å². The van der Waals surface area contributed by atoms with Gasteiger partial charge in [-0.1, -0.05) is 6.58 Å². The summed E-state index contributed by atoms with van der Waals surface area (Å²) < 4.78 is 0. The lowest BCUT2D eigenvalue weighted by atomic mass is 10.0. The molecule has 0 spiro atoms. The van der Waals surface area contributed by atoms with Gasteiger partial charge in [-0.3, -0.25) is 0 Å². The number of hydrogen-bond donors (Lipinski definition) is 2. The van der Waals surface area contributed by atoms with Crippen LogP contribution in [0.4, 0.5) is 0 Å². The Kier molecular flexibility index (Phi) is 2.71. The van der Waals surface area contributed by atoms with Gasteiger partial charge in [0.15, 0.2) is 0 Å². The van der Waals surface area contributed by atoms with Crippen molar-refractivity contribution in [1.82, 2.24) is 5.32 Å². The molecular formula is C7H15NO. The van der Waals surface area contributed by atoms with Gasteiger partial charge in [0.25, 0.3) is 0 Å². The molecule has 0 aromatic rings. The van der Waals surface area contributed by atoms with Crippen LogP contribution in [-0.2, 0) is 0 Å². The molecule has 0 rings (SSSR count). The predicted molar refractivity (Wildman–Crippen MR) is 39.1 cm³/mol. The minimum Gasteiger partial charge on any atom is -0.392 e. The molecule has 0 aliphatic carbocycles. The van der Waals surface area contributed by atoms with Crippen LogP contribution in [0, 0.1) is 0 Å². The van der Waals surface area contributed by atoms with Crippen molar-refractivity contribution in [3.63, 3.8) is 0 Å². The highest BCUT2D eigenvalue weighted by Gasteiger charge is 2.12. The molecule has 0 aliphatic rings. The summed E-state index contributed by atoms with van der Waals surface area (Å²) in [6.45, 7) is 7.21. The van der Waals surface area contributed by atoms with E-state index in [0.29, 0.717) is 6.42 Å². The van der Waals surface area contributed by atoms with Crippen LogP contribution in [-0.4, -0.2) is 17.8 Å². The Labute approximate surface area is 56.6 Å². The number of aliphatic hydroxyl groups is 1. The Hall–Kier alpha value is -0.500. The Morgan fingerprint density at radius 2 is 2.11 bits per heavy atom. The smallest absolute Gasteiger partial charge is 0.0645 e. The Balaban J connectivity index is 3.60. The topological polar surface area (TPSA) is 32.3 Å². The van der Waals surface area contributed by atoms with Crippen molar-refractivity contribution in [2.24, 2.45) is 0 Å². The molecule has 0 heterocycles. The second-order valence-corrected chi connectivity index (χ2v) is 2.84. The highest BCUT2D eigenvalue weighted by Crippen LogP contribution is 2.10. The van der Waals surface area contributed by atoms with Crippen molar-refractivity contribution in [3.8, 4) is 0 Å². The lowest BCUT2D eigenvalue weighted by Gasteiger charge is -2.17. The highest BCUT2D eigenvalue weighted by molar-refractivity contribution is 4.94. The molecule has 54 valence electrons. The first-order valence-electron chi connectivity index (χ1n) is 3.03. The molecule has 0 fully saturated rings. The van der Waals surface area contributed by atoms with E-state index in [1.807, 2.05) is 0 Å². The van der Waals surface area contributed by atoms with E-state index in [2.05, 4.69) is 11.9 Å². The standard InChI is InChI=1S/C7H15NO/c1-6(8-4)5-7(2,3)9/h8-9H,1,5H2,2-4H3. The van der Waals surface area contributed by atoms with Gasteiger partial charge < -0.3 is 10.4 Å². The van der Waals surface area contributed by atoms with E-state index < -0.39 is 5.60 Å². The number of nitrogens with one attached hydrogen (secondary N) is 1. The Morgan fingerprint density at radius 1 is 1.67 bits per heavy atom. The van der Waals surface area contributed by atoms with Gasteiger partial charge in [-0.15, -0.1) is 0 Å². The minimum absolute atomic E-state index is 0.601. The van der Waals surface area contributed by atoms with Crippen molar-refractivity contribution < 1.29 is 5.11 Å². The van der Waals surface area contributed by atoms with Crippen molar-refractivity contribution in [3.05, 3.63) is 12.3 Å². The first-order chi connectivity index (χ1) is 3.95. The van der Waals surface area contributed by atoms with Crippen molar-refractivity contribution in [1.29, 1.82) is 0 Å². The molecule has 2 nitrogen and oxygen atoms in total. The number of rotatable bonds is 3. The summed E-state index contributed by atoms with van der Waals surface area (Å²) in [5, 5.41) is 12.1. The van der Waals surface area contributed by atoms with Gasteiger partial charge in [0, 0.05) is 19.2 Å². The molecule has 2 N–H and O–H groups in total. The third-order valence-electron chi connectivity index (χ3n) is 1.000. The van der Waals surface area contributed by atoms with Gasteiger partial charge in [-0.05, 0) is 13.8 Å². The molecule has 0 bridgehead atoms. The fourth-order valence-corrected chi connectivity index (χ4v) is 0.611. The van der Waals surface area contributed by atoms with Gasteiger partial charge in [0.2, 0.25) is 0 Å². The van der Waals surface area contributed by atoms with Gasteiger partial charge in [0.05, 0.1) is 5.60 Å². The maximum Gasteiger partial charge on any atom is 0.0645 e. The van der Waals surface area contributed by atoms with Crippen molar-refractivity contribution in [2.75, 3.05) is 7.05 Å². The molecule has 0 saturated carbocycles. The maximum atomic E-state index is 9.22. The fraction of sp³-hybridized carbons (Fsp3) is 0.714. The van der Waals surface area contributed by atoms with Crippen LogP contribution in [0.15, 0.2) is 12.3 Å². The zero-order valence-electron chi connectivity index (χ0n) is 6.36. The van der Waals surface area contributed by atoms with Crippen LogP contribution < -0.4 is 5.32 Å². The normalized spacial score (nSPS) is 11.1. The molecule has 0 aliphatic heterocycles. The summed E-state index contributed by atoms with van der Waals surface area (Å²) in [5.41, 5.74) is 0.225. The monoisotopic (exact) mass is 129 g/mol. The minimum atomic E-state index is -0.639. The lowest BCUT2D eigenvalue weighted by Crippen LogP contribution is -2.22. The fourth-order valence-electron chi connectivity index (χ4n) is 0.611. The third-order valence-corrected chi connectivity index (χ3v) is 1.000. The number of hydrogen-bond acceptors (Lipinski definition) is 2. The summed E-state index contributed by atoms with van der Waals surface area (Å²) in [5.74, 6) is 0.